The number of rotatable bonds is 6. The van der Waals surface area contributed by atoms with Crippen molar-refractivity contribution in [3.63, 3.8) is 0 Å². The van der Waals surface area contributed by atoms with Gasteiger partial charge in [0.25, 0.3) is 0 Å². The molecule has 0 spiro atoms. The van der Waals surface area contributed by atoms with Crippen LogP contribution in [0.15, 0.2) is 82.6 Å². The van der Waals surface area contributed by atoms with Gasteiger partial charge in [-0.3, -0.25) is 0 Å². The van der Waals surface area contributed by atoms with Gasteiger partial charge >= 0.3 is 0 Å². The zero-order chi connectivity index (χ0) is 22.5. The Balaban J connectivity index is 1.78. The summed E-state index contributed by atoms with van der Waals surface area (Å²) in [6.45, 7) is 3.78. The second-order valence-electron chi connectivity index (χ2n) is 7.09. The van der Waals surface area contributed by atoms with Gasteiger partial charge in [-0.2, -0.15) is 0 Å². The molecule has 0 fully saturated rings. The Morgan fingerprint density at radius 2 is 1.45 bits per heavy atom. The van der Waals surface area contributed by atoms with Gasteiger partial charge in [0.1, 0.15) is 22.8 Å². The van der Waals surface area contributed by atoms with Crippen molar-refractivity contribution in [2.24, 2.45) is 0 Å². The predicted molar refractivity (Wildman–Crippen MR) is 119 cm³/mol. The van der Waals surface area contributed by atoms with Crippen molar-refractivity contribution in [3.8, 4) is 29.1 Å². The average molecular weight is 437 g/mol. The van der Waals surface area contributed by atoms with Crippen LogP contribution < -0.4 is 4.74 Å². The van der Waals surface area contributed by atoms with Crippen LogP contribution in [0.3, 0.4) is 0 Å². The molecule has 0 aliphatic heterocycles. The first-order valence-corrected chi connectivity index (χ1v) is 11.4. The molecule has 5 nitrogen and oxygen atoms in total. The molecule has 3 aromatic carbocycles. The summed E-state index contributed by atoms with van der Waals surface area (Å²) >= 11 is 0. The van der Waals surface area contributed by atoms with E-state index in [0.29, 0.717) is 29.9 Å². The highest BCUT2D eigenvalue weighted by Gasteiger charge is 2.18. The van der Waals surface area contributed by atoms with E-state index in [1.165, 1.54) is 36.4 Å². The van der Waals surface area contributed by atoms with Crippen LogP contribution in [-0.4, -0.2) is 24.2 Å². The van der Waals surface area contributed by atoms with Gasteiger partial charge in [-0.15, -0.1) is 0 Å². The second kappa shape index (κ2) is 9.25. The quantitative estimate of drug-likeness (QED) is 0.536. The maximum Gasteiger partial charge on any atom is 0.206 e. The third kappa shape index (κ3) is 5.46. The highest BCUT2D eigenvalue weighted by molar-refractivity contribution is 7.91. The standard InChI is InChI=1S/C25H24O5S/c1-3-25(27,4-2)17-16-19-6-5-7-22(18-19)30-21-10-14-24(15-11-21)31(28,29)23-12-8-20(26)9-13-23/h5-15,18,26-27H,3-4H2,1-2H3. The van der Waals surface area contributed by atoms with Crippen LogP contribution >= 0.6 is 0 Å². The normalized spacial score (nSPS) is 11.5. The lowest BCUT2D eigenvalue weighted by Crippen LogP contribution is -2.23. The van der Waals surface area contributed by atoms with Crippen LogP contribution in [0, 0.1) is 11.8 Å². The van der Waals surface area contributed by atoms with Crippen molar-refractivity contribution in [2.75, 3.05) is 0 Å². The molecular weight excluding hydrogens is 412 g/mol. The van der Waals surface area contributed by atoms with E-state index in [1.807, 2.05) is 19.9 Å². The number of phenolic OH excluding ortho intramolecular Hbond substituents is 1. The fourth-order valence-electron chi connectivity index (χ4n) is 2.84. The lowest BCUT2D eigenvalue weighted by atomic mass is 9.98. The molecule has 0 aromatic heterocycles. The average Bonchev–Trinajstić information content (AvgIpc) is 2.78. The van der Waals surface area contributed by atoms with E-state index in [2.05, 4.69) is 11.8 Å². The second-order valence-corrected chi connectivity index (χ2v) is 9.04. The summed E-state index contributed by atoms with van der Waals surface area (Å²) in [6.07, 6.45) is 1.10. The minimum atomic E-state index is -3.69. The van der Waals surface area contributed by atoms with Gasteiger partial charge in [0.2, 0.25) is 9.84 Å². The van der Waals surface area contributed by atoms with E-state index in [9.17, 15) is 18.6 Å². The summed E-state index contributed by atoms with van der Waals surface area (Å²) in [5.74, 6) is 6.94. The highest BCUT2D eigenvalue weighted by atomic mass is 32.2. The number of aromatic hydroxyl groups is 1. The zero-order valence-corrected chi connectivity index (χ0v) is 18.2. The van der Waals surface area contributed by atoms with E-state index in [-0.39, 0.29) is 15.5 Å². The van der Waals surface area contributed by atoms with Gasteiger partial charge < -0.3 is 14.9 Å². The first-order chi connectivity index (χ1) is 14.8. The SMILES string of the molecule is CCC(O)(C#Cc1cccc(Oc2ccc(S(=O)(=O)c3ccc(O)cc3)cc2)c1)CC. The number of sulfone groups is 1. The number of benzene rings is 3. The van der Waals surface area contributed by atoms with Gasteiger partial charge in [0.05, 0.1) is 9.79 Å². The first-order valence-electron chi connectivity index (χ1n) is 9.93. The molecule has 0 atom stereocenters. The molecule has 0 saturated carbocycles. The molecule has 0 aliphatic carbocycles. The largest absolute Gasteiger partial charge is 0.508 e. The maximum absolute atomic E-state index is 12.7. The lowest BCUT2D eigenvalue weighted by molar-refractivity contribution is 0.0931. The summed E-state index contributed by atoms with van der Waals surface area (Å²) in [5.41, 5.74) is -0.292. The van der Waals surface area contributed by atoms with Crippen molar-refractivity contribution >= 4 is 9.84 Å². The van der Waals surface area contributed by atoms with Crippen LogP contribution in [0.1, 0.15) is 32.3 Å². The minimum Gasteiger partial charge on any atom is -0.508 e. The molecule has 31 heavy (non-hydrogen) atoms. The first kappa shape index (κ1) is 22.4. The molecule has 0 bridgehead atoms. The number of phenols is 1. The topological polar surface area (TPSA) is 83.8 Å². The molecule has 2 N–H and O–H groups in total. The van der Waals surface area contributed by atoms with E-state index >= 15 is 0 Å². The number of hydrogen-bond donors (Lipinski definition) is 2. The van der Waals surface area contributed by atoms with Crippen molar-refractivity contribution in [2.45, 2.75) is 42.1 Å². The zero-order valence-electron chi connectivity index (χ0n) is 17.4. The van der Waals surface area contributed by atoms with Gasteiger partial charge in [0.15, 0.2) is 0 Å². The summed E-state index contributed by atoms with van der Waals surface area (Å²) in [7, 11) is -3.69. The number of hydrogen-bond acceptors (Lipinski definition) is 5. The lowest BCUT2D eigenvalue weighted by Gasteiger charge is -2.17. The smallest absolute Gasteiger partial charge is 0.206 e. The monoisotopic (exact) mass is 436 g/mol. The summed E-state index contributed by atoms with van der Waals surface area (Å²) in [5, 5.41) is 19.7. The van der Waals surface area contributed by atoms with E-state index in [4.69, 9.17) is 4.74 Å². The molecule has 0 amide bonds. The van der Waals surface area contributed by atoms with Crippen molar-refractivity contribution in [1.82, 2.24) is 0 Å². The molecule has 3 rings (SSSR count). The Labute approximate surface area is 182 Å². The minimum absolute atomic E-state index is 0.00341. The Morgan fingerprint density at radius 3 is 2.03 bits per heavy atom. The molecule has 0 radical (unpaired) electrons. The van der Waals surface area contributed by atoms with E-state index in [0.717, 1.165) is 0 Å². The maximum atomic E-state index is 12.7. The Morgan fingerprint density at radius 1 is 0.871 bits per heavy atom. The summed E-state index contributed by atoms with van der Waals surface area (Å²) in [6, 6.07) is 18.7. The molecular formula is C25H24O5S. The molecule has 0 aliphatic rings. The fourth-order valence-corrected chi connectivity index (χ4v) is 4.10. The predicted octanol–water partition coefficient (Wildman–Crippen LogP) is 4.92. The van der Waals surface area contributed by atoms with Gasteiger partial charge in [0, 0.05) is 5.56 Å². The Kier molecular flexibility index (Phi) is 6.69. The third-order valence-electron chi connectivity index (χ3n) is 4.96. The van der Waals surface area contributed by atoms with Crippen LogP contribution in [0.5, 0.6) is 17.2 Å². The Bertz CT molecular complexity index is 1200. The van der Waals surface area contributed by atoms with E-state index in [1.54, 1.807) is 30.3 Å². The highest BCUT2D eigenvalue weighted by Crippen LogP contribution is 2.27. The Hall–Kier alpha value is -3.27. The number of ether oxygens (including phenoxy) is 1. The molecule has 6 heteroatoms. The molecule has 0 saturated heterocycles. The number of aliphatic hydroxyl groups is 1. The van der Waals surface area contributed by atoms with Crippen LogP contribution in [0.2, 0.25) is 0 Å². The molecule has 0 heterocycles. The fraction of sp³-hybridized carbons (Fsp3) is 0.200. The van der Waals surface area contributed by atoms with E-state index < -0.39 is 15.4 Å². The van der Waals surface area contributed by atoms with Crippen molar-refractivity contribution in [1.29, 1.82) is 0 Å². The van der Waals surface area contributed by atoms with Crippen LogP contribution in [-0.2, 0) is 9.84 Å². The van der Waals surface area contributed by atoms with Crippen molar-refractivity contribution in [3.05, 3.63) is 78.4 Å². The van der Waals surface area contributed by atoms with Crippen LogP contribution in [0.4, 0.5) is 0 Å². The van der Waals surface area contributed by atoms with Gasteiger partial charge in [-0.05, 0) is 79.6 Å². The third-order valence-corrected chi connectivity index (χ3v) is 6.75. The van der Waals surface area contributed by atoms with Gasteiger partial charge in [-0.25, -0.2) is 8.42 Å². The van der Waals surface area contributed by atoms with Gasteiger partial charge in [-0.1, -0.05) is 31.8 Å². The molecule has 160 valence electrons. The molecule has 0 unspecified atom stereocenters. The molecule has 3 aromatic rings. The summed E-state index contributed by atoms with van der Waals surface area (Å²) in [4.78, 5) is 0.230. The van der Waals surface area contributed by atoms with Crippen LogP contribution in [0.25, 0.3) is 0 Å². The summed E-state index contributed by atoms with van der Waals surface area (Å²) < 4.78 is 31.2. The van der Waals surface area contributed by atoms with Crippen molar-refractivity contribution < 1.29 is 23.4 Å².